The topological polar surface area (TPSA) is 17.1 Å². The summed E-state index contributed by atoms with van der Waals surface area (Å²) in [4.78, 5) is 12.1. The fourth-order valence-corrected chi connectivity index (χ4v) is 2.52. The molecule has 0 aliphatic carbocycles. The number of hydrogen-bond donors (Lipinski definition) is 0. The molecule has 98 valence electrons. The molecule has 0 atom stereocenters. The Bertz CT molecular complexity index is 640. The van der Waals surface area contributed by atoms with Gasteiger partial charge in [-0.05, 0) is 42.3 Å². The van der Waals surface area contributed by atoms with E-state index in [9.17, 15) is 9.18 Å². The zero-order valence-corrected chi connectivity index (χ0v) is 12.6. The first-order valence-electron chi connectivity index (χ1n) is 5.70. The van der Waals surface area contributed by atoms with Gasteiger partial charge in [-0.2, -0.15) is 0 Å². The van der Waals surface area contributed by atoms with Gasteiger partial charge in [0.15, 0.2) is 5.78 Å². The summed E-state index contributed by atoms with van der Waals surface area (Å²) in [6.45, 7) is 1.78. The van der Waals surface area contributed by atoms with Crippen molar-refractivity contribution in [1.82, 2.24) is 0 Å². The fourth-order valence-electron chi connectivity index (χ4n) is 1.78. The highest BCUT2D eigenvalue weighted by atomic mass is 79.9. The van der Waals surface area contributed by atoms with Crippen molar-refractivity contribution < 1.29 is 9.18 Å². The average molecular weight is 342 g/mol. The molecule has 0 aromatic heterocycles. The molecule has 1 nitrogen and oxygen atoms in total. The van der Waals surface area contributed by atoms with Crippen LogP contribution in [0.1, 0.15) is 21.5 Å². The smallest absolute Gasteiger partial charge is 0.170 e. The monoisotopic (exact) mass is 340 g/mol. The van der Waals surface area contributed by atoms with Gasteiger partial charge in [0.05, 0.1) is 5.56 Å². The molecule has 0 spiro atoms. The number of benzene rings is 2. The molecule has 0 saturated carbocycles. The van der Waals surface area contributed by atoms with Gasteiger partial charge in [0.1, 0.15) is 5.82 Å². The highest BCUT2D eigenvalue weighted by Gasteiger charge is 2.14. The van der Waals surface area contributed by atoms with Gasteiger partial charge in [-0.15, -0.1) is 0 Å². The van der Waals surface area contributed by atoms with Crippen LogP contribution in [0.3, 0.4) is 0 Å². The molecule has 2 aromatic carbocycles. The second-order valence-electron chi connectivity index (χ2n) is 4.32. The zero-order valence-electron chi connectivity index (χ0n) is 10.2. The Hall–Kier alpha value is -1.19. The van der Waals surface area contributed by atoms with Crippen molar-refractivity contribution in [3.05, 3.63) is 68.4 Å². The summed E-state index contributed by atoms with van der Waals surface area (Å²) in [5.74, 6) is -0.764. The molecule has 0 fully saturated rings. The lowest BCUT2D eigenvalue weighted by atomic mass is 10.0. The van der Waals surface area contributed by atoms with E-state index < -0.39 is 5.82 Å². The second kappa shape index (κ2) is 5.85. The first kappa shape index (κ1) is 14.2. The van der Waals surface area contributed by atoms with Crippen LogP contribution in [0.25, 0.3) is 0 Å². The third kappa shape index (κ3) is 3.43. The quantitative estimate of drug-likeness (QED) is 0.720. The van der Waals surface area contributed by atoms with Crippen molar-refractivity contribution in [2.75, 3.05) is 0 Å². The lowest BCUT2D eigenvalue weighted by molar-refractivity contribution is 0.0989. The molecular weight excluding hydrogens is 331 g/mol. The lowest BCUT2D eigenvalue weighted by Gasteiger charge is -2.06. The molecule has 0 amide bonds. The van der Waals surface area contributed by atoms with Gasteiger partial charge in [0.2, 0.25) is 0 Å². The van der Waals surface area contributed by atoms with Crippen LogP contribution < -0.4 is 0 Å². The number of carbonyl (C=O) groups is 1. The lowest BCUT2D eigenvalue weighted by Crippen LogP contribution is -2.06. The van der Waals surface area contributed by atoms with Gasteiger partial charge in [0.25, 0.3) is 0 Å². The first-order chi connectivity index (χ1) is 8.97. The van der Waals surface area contributed by atoms with Crippen molar-refractivity contribution in [3.8, 4) is 0 Å². The Morgan fingerprint density at radius 1 is 1.26 bits per heavy atom. The molecule has 2 aromatic rings. The molecule has 0 radical (unpaired) electrons. The SMILES string of the molecule is Cc1ccc(C(=O)Cc2ccc(Br)cc2Cl)c(F)c1. The Labute approximate surface area is 124 Å². The number of ketones is 1. The number of hydrogen-bond acceptors (Lipinski definition) is 1. The molecule has 0 unspecified atom stereocenters. The number of rotatable bonds is 3. The van der Waals surface area contributed by atoms with Gasteiger partial charge >= 0.3 is 0 Å². The molecular formula is C15H11BrClFO. The third-order valence-electron chi connectivity index (χ3n) is 2.79. The standard InChI is InChI=1S/C15H11BrClFO/c1-9-2-5-12(14(18)6-9)15(19)7-10-3-4-11(16)8-13(10)17/h2-6,8H,7H2,1H3. The number of halogens is 3. The first-order valence-corrected chi connectivity index (χ1v) is 6.88. The number of Topliss-reactive ketones (excluding diaryl/α,β-unsaturated/α-hetero) is 1. The highest BCUT2D eigenvalue weighted by Crippen LogP contribution is 2.23. The maximum absolute atomic E-state index is 13.7. The molecule has 2 rings (SSSR count). The van der Waals surface area contributed by atoms with Crippen LogP contribution >= 0.6 is 27.5 Å². The van der Waals surface area contributed by atoms with Crippen molar-refractivity contribution in [2.24, 2.45) is 0 Å². The van der Waals surface area contributed by atoms with E-state index in [-0.39, 0.29) is 17.8 Å². The summed E-state index contributed by atoms with van der Waals surface area (Å²) in [6.07, 6.45) is 0.0894. The predicted molar refractivity (Wildman–Crippen MR) is 78.3 cm³/mol. The van der Waals surface area contributed by atoms with E-state index in [4.69, 9.17) is 11.6 Å². The largest absolute Gasteiger partial charge is 0.294 e. The summed E-state index contributed by atoms with van der Waals surface area (Å²) in [5, 5.41) is 0.496. The van der Waals surface area contributed by atoms with E-state index in [0.717, 1.165) is 10.0 Å². The summed E-state index contributed by atoms with van der Waals surface area (Å²) in [6, 6.07) is 9.88. The van der Waals surface area contributed by atoms with Crippen molar-refractivity contribution in [1.29, 1.82) is 0 Å². The normalized spacial score (nSPS) is 10.5. The van der Waals surface area contributed by atoms with E-state index in [2.05, 4.69) is 15.9 Å². The number of carbonyl (C=O) groups excluding carboxylic acids is 1. The van der Waals surface area contributed by atoms with Crippen LogP contribution in [0.2, 0.25) is 5.02 Å². The maximum atomic E-state index is 13.7. The van der Waals surface area contributed by atoms with Gasteiger partial charge in [-0.1, -0.05) is 39.7 Å². The van der Waals surface area contributed by atoms with Crippen LogP contribution in [-0.4, -0.2) is 5.78 Å². The van der Waals surface area contributed by atoms with E-state index in [1.54, 1.807) is 31.2 Å². The maximum Gasteiger partial charge on any atom is 0.170 e. The van der Waals surface area contributed by atoms with Crippen LogP contribution in [-0.2, 0) is 6.42 Å². The molecule has 0 bridgehead atoms. The average Bonchev–Trinajstić information content (AvgIpc) is 2.32. The van der Waals surface area contributed by atoms with E-state index >= 15 is 0 Å². The minimum Gasteiger partial charge on any atom is -0.294 e. The zero-order chi connectivity index (χ0) is 14.0. The van der Waals surface area contributed by atoms with Crippen LogP contribution in [0, 0.1) is 12.7 Å². The third-order valence-corrected chi connectivity index (χ3v) is 3.64. The minimum atomic E-state index is -0.488. The molecule has 0 aliphatic heterocycles. The Morgan fingerprint density at radius 2 is 2.00 bits per heavy atom. The summed E-state index contributed by atoms with van der Waals surface area (Å²) < 4.78 is 14.5. The molecule has 0 heterocycles. The summed E-state index contributed by atoms with van der Waals surface area (Å²) in [5.41, 5.74) is 1.58. The van der Waals surface area contributed by atoms with Crippen molar-refractivity contribution >= 4 is 33.3 Å². The fraction of sp³-hybridized carbons (Fsp3) is 0.133. The molecule has 19 heavy (non-hydrogen) atoms. The Morgan fingerprint density at radius 3 is 2.63 bits per heavy atom. The van der Waals surface area contributed by atoms with Gasteiger partial charge < -0.3 is 0 Å². The molecule has 0 aliphatic rings. The molecule has 4 heteroatoms. The Kier molecular flexibility index (Phi) is 4.38. The molecule has 0 N–H and O–H groups in total. The second-order valence-corrected chi connectivity index (χ2v) is 5.64. The van der Waals surface area contributed by atoms with Crippen LogP contribution in [0.4, 0.5) is 4.39 Å². The van der Waals surface area contributed by atoms with Gasteiger partial charge in [-0.25, -0.2) is 4.39 Å². The van der Waals surface area contributed by atoms with E-state index in [1.165, 1.54) is 12.1 Å². The van der Waals surface area contributed by atoms with Gasteiger partial charge in [0, 0.05) is 15.9 Å². The predicted octanol–water partition coefficient (Wildman–Crippen LogP) is 4.98. The molecule has 0 saturated heterocycles. The Balaban J connectivity index is 2.25. The van der Waals surface area contributed by atoms with Crippen LogP contribution in [0.15, 0.2) is 40.9 Å². The summed E-state index contributed by atoms with van der Waals surface area (Å²) in [7, 11) is 0. The van der Waals surface area contributed by atoms with Crippen molar-refractivity contribution in [3.63, 3.8) is 0 Å². The van der Waals surface area contributed by atoms with Gasteiger partial charge in [-0.3, -0.25) is 4.79 Å². The van der Waals surface area contributed by atoms with Crippen LogP contribution in [0.5, 0.6) is 0 Å². The van der Waals surface area contributed by atoms with E-state index in [0.29, 0.717) is 10.6 Å². The summed E-state index contributed by atoms with van der Waals surface area (Å²) >= 11 is 9.35. The van der Waals surface area contributed by atoms with E-state index in [1.807, 2.05) is 0 Å². The van der Waals surface area contributed by atoms with Crippen molar-refractivity contribution in [2.45, 2.75) is 13.3 Å². The number of aryl methyl sites for hydroxylation is 1. The minimum absolute atomic E-state index is 0.0894. The highest BCUT2D eigenvalue weighted by molar-refractivity contribution is 9.10.